The minimum Gasteiger partial charge on any atom is -0.273 e. The highest BCUT2D eigenvalue weighted by molar-refractivity contribution is 7.89. The molecule has 2 aliphatic heterocycles. The van der Waals surface area contributed by atoms with Crippen LogP contribution in [0.4, 0.5) is 0 Å². The lowest BCUT2D eigenvalue weighted by atomic mass is 10.0. The zero-order valence-corrected chi connectivity index (χ0v) is 15.6. The summed E-state index contributed by atoms with van der Waals surface area (Å²) in [5.74, 6) is -11.0. The molecule has 5 rings (SSSR count). The lowest BCUT2D eigenvalue weighted by Gasteiger charge is -2.36. The number of sulfonamides is 1. The SMILES string of the molecule is [2H]c1c([2H])c([2H])c2c(c1[2H])C(=O)N(C([2H])([2H])[C@@]1([2H])N(S(=O)(=O)c3ccc(C)cc3)C([2H])([2H])[C@]3([2H])C([2H])([2H])[C@]3([2H])C1([2H])[2H])C2=O. The van der Waals surface area contributed by atoms with Crippen LogP contribution in [0.2, 0.25) is 0 Å². The number of carbonyl (C=O) groups is 2. The van der Waals surface area contributed by atoms with Crippen molar-refractivity contribution in [3.8, 4) is 0 Å². The van der Waals surface area contributed by atoms with E-state index in [1.165, 1.54) is 12.1 Å². The van der Waals surface area contributed by atoms with Gasteiger partial charge < -0.3 is 0 Å². The van der Waals surface area contributed by atoms with Crippen molar-refractivity contribution in [2.45, 2.75) is 30.6 Å². The van der Waals surface area contributed by atoms with Crippen molar-refractivity contribution in [2.75, 3.05) is 13.0 Å². The van der Waals surface area contributed by atoms with Crippen LogP contribution in [0.25, 0.3) is 0 Å². The van der Waals surface area contributed by atoms with Crippen molar-refractivity contribution < 1.29 is 38.6 Å². The normalized spacial score (nSPS) is 47.2. The van der Waals surface area contributed by atoms with Gasteiger partial charge in [-0.2, -0.15) is 4.31 Å². The highest BCUT2D eigenvalue weighted by Crippen LogP contribution is 2.48. The number of imide groups is 1. The fraction of sp³-hybridized carbons (Fsp3) is 0.364. The molecular formula is C22H22N2O4S. The highest BCUT2D eigenvalue weighted by atomic mass is 32.2. The number of hydrogen-bond donors (Lipinski definition) is 0. The van der Waals surface area contributed by atoms with Gasteiger partial charge in [-0.25, -0.2) is 8.42 Å². The first-order valence-corrected chi connectivity index (χ1v) is 9.76. The van der Waals surface area contributed by atoms with E-state index >= 15 is 0 Å². The molecule has 1 saturated heterocycles. The van der Waals surface area contributed by atoms with E-state index in [-0.39, 0.29) is 0 Å². The van der Waals surface area contributed by atoms with E-state index < -0.39 is 115 Å². The molecule has 29 heavy (non-hydrogen) atoms. The van der Waals surface area contributed by atoms with Crippen LogP contribution >= 0.6 is 0 Å². The van der Waals surface area contributed by atoms with Crippen LogP contribution in [0.5, 0.6) is 0 Å². The van der Waals surface area contributed by atoms with Gasteiger partial charge in [-0.1, -0.05) is 29.8 Å². The standard InChI is InChI=1S/C22H22N2O4S/c1-14-6-8-18(9-7-14)29(27,28)24-12-16-10-15(16)11-17(24)13-23-21(25)19-4-2-3-5-20(19)22(23)26/h2-9,15-17H,10-13H2,1H3/t15-,16+,17+/m1/s1/i2D,3D,4D,5D,10D2,11D2,12D2,13D2,15D,16D,17D. The van der Waals surface area contributed by atoms with Gasteiger partial charge >= 0.3 is 0 Å². The number of benzene rings is 2. The lowest BCUT2D eigenvalue weighted by Crippen LogP contribution is -2.51. The Morgan fingerprint density at radius 2 is 1.72 bits per heavy atom. The van der Waals surface area contributed by atoms with E-state index in [0.29, 0.717) is 5.56 Å². The average Bonchev–Trinajstić information content (AvgIpc) is 3.13. The first kappa shape index (κ1) is 8.32. The number of fused-ring (bicyclic) bond motifs is 2. The predicted octanol–water partition coefficient (Wildman–Crippen LogP) is 2.69. The first-order valence-electron chi connectivity index (χ1n) is 15.8. The molecule has 3 aliphatic rings. The number of piperidine rings is 1. The molecule has 0 spiro atoms. The summed E-state index contributed by atoms with van der Waals surface area (Å²) in [5.41, 5.74) is -1.68. The number of carbonyl (C=O) groups excluding carboxylic acids is 2. The van der Waals surface area contributed by atoms with E-state index in [4.69, 9.17) is 19.2 Å². The molecule has 150 valence electrons. The molecule has 2 amide bonds. The number of amides is 2. The number of nitrogens with zero attached hydrogens (tertiary/aromatic N) is 2. The van der Waals surface area contributed by atoms with Gasteiger partial charge in [0.05, 0.1) is 24.2 Å². The molecule has 2 fully saturated rings. The second kappa shape index (κ2) is 6.50. The van der Waals surface area contributed by atoms with Crippen molar-refractivity contribution in [1.82, 2.24) is 9.21 Å². The molecule has 0 bridgehead atoms. The molecule has 0 radical (unpaired) electrons. The summed E-state index contributed by atoms with van der Waals surface area (Å²) in [6.45, 7) is -6.92. The first-order chi connectivity index (χ1) is 19.7. The monoisotopic (exact) mass is 425 g/mol. The number of hydrogen-bond acceptors (Lipinski definition) is 4. The van der Waals surface area contributed by atoms with Crippen molar-refractivity contribution >= 4 is 21.8 Å². The van der Waals surface area contributed by atoms with Crippen molar-refractivity contribution in [3.05, 3.63) is 65.1 Å². The van der Waals surface area contributed by atoms with Gasteiger partial charge in [0.15, 0.2) is 0 Å². The number of aryl methyl sites for hydroxylation is 1. The minimum absolute atomic E-state index is 0.486. The van der Waals surface area contributed by atoms with E-state index in [2.05, 4.69) is 0 Å². The highest BCUT2D eigenvalue weighted by Gasteiger charge is 2.51. The van der Waals surface area contributed by atoms with Crippen molar-refractivity contribution in [3.63, 3.8) is 0 Å². The molecule has 7 heteroatoms. The third-order valence-corrected chi connectivity index (χ3v) is 6.02. The summed E-state index contributed by atoms with van der Waals surface area (Å²) < 4.78 is 155. The molecule has 6 nitrogen and oxygen atoms in total. The van der Waals surface area contributed by atoms with Crippen molar-refractivity contribution in [2.24, 2.45) is 11.8 Å². The molecule has 1 aliphatic carbocycles. The second-order valence-corrected chi connectivity index (χ2v) is 8.14. The molecule has 1 saturated carbocycles. The maximum absolute atomic E-state index is 14.1. The fourth-order valence-corrected chi connectivity index (χ4v) is 4.05. The Balaban J connectivity index is 1.87. The van der Waals surface area contributed by atoms with Gasteiger partial charge in [0, 0.05) is 31.3 Å². The summed E-state index contributed by atoms with van der Waals surface area (Å²) in [6, 6.07) is -4.49. The van der Waals surface area contributed by atoms with E-state index in [1.807, 2.05) is 0 Å². The third kappa shape index (κ3) is 3.00. The summed E-state index contributed by atoms with van der Waals surface area (Å²) in [7, 11) is -5.69. The second-order valence-electron chi connectivity index (χ2n) is 6.35. The Morgan fingerprint density at radius 1 is 1.10 bits per heavy atom. The van der Waals surface area contributed by atoms with Crippen LogP contribution in [0.1, 0.15) is 59.6 Å². The predicted molar refractivity (Wildman–Crippen MR) is 107 cm³/mol. The van der Waals surface area contributed by atoms with Crippen LogP contribution in [-0.2, 0) is 10.0 Å². The smallest absolute Gasteiger partial charge is 0.261 e. The molecule has 0 N–H and O–H groups in total. The fourth-order valence-electron chi connectivity index (χ4n) is 2.82. The molecule has 2 heterocycles. The number of rotatable bonds is 4. The molecule has 3 atom stereocenters. The minimum atomic E-state index is -5.69. The van der Waals surface area contributed by atoms with Gasteiger partial charge in [-0.15, -0.1) is 0 Å². The van der Waals surface area contributed by atoms with Gasteiger partial charge in [0.25, 0.3) is 11.8 Å². The van der Waals surface area contributed by atoms with Crippen LogP contribution in [0.3, 0.4) is 0 Å². The zero-order valence-electron chi connectivity index (χ0n) is 29.7. The molecule has 2 aromatic carbocycles. The van der Waals surface area contributed by atoms with E-state index in [9.17, 15) is 19.4 Å². The maximum Gasteiger partial charge on any atom is 0.261 e. The Hall–Kier alpha value is -2.51. The van der Waals surface area contributed by atoms with Crippen LogP contribution < -0.4 is 0 Å². The summed E-state index contributed by atoms with van der Waals surface area (Å²) in [5, 5.41) is 0. The van der Waals surface area contributed by atoms with Crippen LogP contribution in [0.15, 0.2) is 53.3 Å². The Morgan fingerprint density at radius 3 is 2.34 bits per heavy atom. The quantitative estimate of drug-likeness (QED) is 0.706. The average molecular weight is 426 g/mol. The summed E-state index contributed by atoms with van der Waals surface area (Å²) >= 11 is 0. The Bertz CT molecular complexity index is 1750. The third-order valence-electron chi connectivity index (χ3n) is 4.40. The van der Waals surface area contributed by atoms with Gasteiger partial charge in [-0.3, -0.25) is 14.5 Å². The van der Waals surface area contributed by atoms with Crippen LogP contribution in [-0.4, -0.2) is 48.4 Å². The van der Waals surface area contributed by atoms with Crippen LogP contribution in [0, 0.1) is 18.7 Å². The molecular weight excluding hydrogens is 388 g/mol. The van der Waals surface area contributed by atoms with E-state index in [1.54, 1.807) is 6.92 Å². The largest absolute Gasteiger partial charge is 0.273 e. The summed E-state index contributed by atoms with van der Waals surface area (Å²) in [6.07, 6.45) is -7.79. The van der Waals surface area contributed by atoms with Gasteiger partial charge in [-0.05, 0) is 55.7 Å². The molecule has 0 unspecified atom stereocenters. The Labute approximate surface area is 191 Å². The Kier molecular flexibility index (Phi) is 1.86. The topological polar surface area (TPSA) is 74.8 Å². The zero-order chi connectivity index (χ0) is 33.8. The van der Waals surface area contributed by atoms with Crippen molar-refractivity contribution in [1.29, 1.82) is 0 Å². The van der Waals surface area contributed by atoms with Gasteiger partial charge in [0.2, 0.25) is 10.0 Å². The van der Waals surface area contributed by atoms with Gasteiger partial charge in [0.1, 0.15) is 0 Å². The maximum atomic E-state index is 14.1. The molecule has 0 aromatic heterocycles. The lowest BCUT2D eigenvalue weighted by molar-refractivity contribution is 0.0603. The molecule has 2 aromatic rings. The van der Waals surface area contributed by atoms with E-state index in [0.717, 1.165) is 12.1 Å². The summed E-state index contributed by atoms with van der Waals surface area (Å²) in [4.78, 5) is 25.7.